The lowest BCUT2D eigenvalue weighted by atomic mass is 9.99. The summed E-state index contributed by atoms with van der Waals surface area (Å²) in [5.74, 6) is 0.749. The third-order valence-corrected chi connectivity index (χ3v) is 6.86. The molecule has 3 aliphatic rings. The van der Waals surface area contributed by atoms with Gasteiger partial charge in [0, 0.05) is 6.61 Å². The smallest absolute Gasteiger partial charge is 0.292 e. The molecule has 1 aliphatic carbocycles. The average Bonchev–Trinajstić information content (AvgIpc) is 3.52. The highest BCUT2D eigenvalue weighted by Crippen LogP contribution is 2.44. The molecule has 1 unspecified atom stereocenters. The number of aromatic nitrogens is 2. The van der Waals surface area contributed by atoms with Crippen molar-refractivity contribution in [2.75, 3.05) is 25.1 Å². The van der Waals surface area contributed by atoms with Gasteiger partial charge in [0.15, 0.2) is 5.67 Å². The molecule has 0 bridgehead atoms. The number of anilines is 1. The summed E-state index contributed by atoms with van der Waals surface area (Å²) in [5, 5.41) is 7.16. The Kier molecular flexibility index (Phi) is 5.75. The summed E-state index contributed by atoms with van der Waals surface area (Å²) < 4.78 is 27.4. The molecule has 3 fully saturated rings. The second-order valence-corrected chi connectivity index (χ2v) is 9.30. The predicted octanol–water partition coefficient (Wildman–Crippen LogP) is 4.45. The number of hydrogen-bond donors (Lipinski definition) is 1. The molecule has 3 heterocycles. The Balaban J connectivity index is 1.28. The molecule has 2 aromatic rings. The highest BCUT2D eigenvalue weighted by molar-refractivity contribution is 6.32. The Hall–Kier alpha value is -1.96. The molecule has 0 spiro atoms. The normalized spacial score (nSPS) is 28.6. The van der Waals surface area contributed by atoms with Gasteiger partial charge in [0.05, 0.1) is 42.9 Å². The Morgan fingerprint density at radius 3 is 2.74 bits per heavy atom. The molecule has 1 aromatic carbocycles. The van der Waals surface area contributed by atoms with E-state index in [0.717, 1.165) is 24.3 Å². The maximum Gasteiger partial charge on any atom is 0.292 e. The second-order valence-electron chi connectivity index (χ2n) is 8.92. The van der Waals surface area contributed by atoms with Crippen LogP contribution < -0.4 is 10.9 Å². The molecular formula is C23H27ClFN3O3. The zero-order valence-corrected chi connectivity index (χ0v) is 18.1. The van der Waals surface area contributed by atoms with Gasteiger partial charge in [0.2, 0.25) is 0 Å². The first kappa shape index (κ1) is 20.9. The topological polar surface area (TPSA) is 65.4 Å². The summed E-state index contributed by atoms with van der Waals surface area (Å²) in [5.41, 5.74) is 0.159. The zero-order valence-electron chi connectivity index (χ0n) is 17.4. The van der Waals surface area contributed by atoms with Gasteiger partial charge in [0.25, 0.3) is 5.56 Å². The van der Waals surface area contributed by atoms with E-state index in [1.807, 2.05) is 24.3 Å². The summed E-state index contributed by atoms with van der Waals surface area (Å²) in [6, 6.07) is 7.69. The van der Waals surface area contributed by atoms with Gasteiger partial charge in [-0.25, -0.2) is 4.39 Å². The monoisotopic (exact) mass is 447 g/mol. The zero-order chi connectivity index (χ0) is 21.4. The molecule has 166 valence electrons. The number of nitrogens with zero attached hydrogens (tertiary/aromatic N) is 2. The summed E-state index contributed by atoms with van der Waals surface area (Å²) in [7, 11) is 0. The number of halogens is 2. The predicted molar refractivity (Wildman–Crippen MR) is 117 cm³/mol. The van der Waals surface area contributed by atoms with Crippen LogP contribution in [0, 0.1) is 5.92 Å². The fourth-order valence-corrected chi connectivity index (χ4v) is 4.70. The molecule has 1 saturated carbocycles. The summed E-state index contributed by atoms with van der Waals surface area (Å²) in [4.78, 5) is 12.8. The van der Waals surface area contributed by atoms with Gasteiger partial charge in [-0.15, -0.1) is 0 Å². The van der Waals surface area contributed by atoms with E-state index in [-0.39, 0.29) is 24.3 Å². The van der Waals surface area contributed by atoms with Crippen molar-refractivity contribution in [1.29, 1.82) is 0 Å². The van der Waals surface area contributed by atoms with Gasteiger partial charge in [-0.05, 0) is 62.1 Å². The minimum Gasteiger partial charge on any atom is -0.379 e. The Bertz CT molecular complexity index is 987. The van der Waals surface area contributed by atoms with Gasteiger partial charge in [0.1, 0.15) is 5.02 Å². The van der Waals surface area contributed by atoms with Crippen LogP contribution in [0.1, 0.15) is 50.2 Å². The first-order chi connectivity index (χ1) is 15.0. The third kappa shape index (κ3) is 4.49. The van der Waals surface area contributed by atoms with Crippen molar-refractivity contribution in [1.82, 2.24) is 9.78 Å². The van der Waals surface area contributed by atoms with Crippen LogP contribution in [0.2, 0.25) is 5.02 Å². The molecule has 0 radical (unpaired) electrons. The van der Waals surface area contributed by atoms with Crippen molar-refractivity contribution >= 4 is 17.3 Å². The van der Waals surface area contributed by atoms with Gasteiger partial charge in [-0.2, -0.15) is 9.78 Å². The first-order valence-corrected chi connectivity index (χ1v) is 11.4. The minimum atomic E-state index is -1.47. The quantitative estimate of drug-likeness (QED) is 0.708. The molecule has 1 N–H and O–H groups in total. The highest BCUT2D eigenvalue weighted by atomic mass is 35.5. The SMILES string of the molecule is O=c1c(Cl)c(NCC2(F)CCCOC2)cnn1-c1ccc([C@@H]2CC[C@@H](C3CC3)O2)cc1. The van der Waals surface area contributed by atoms with Crippen LogP contribution in [-0.2, 0) is 9.47 Å². The first-order valence-electron chi connectivity index (χ1n) is 11.1. The van der Waals surface area contributed by atoms with Crippen molar-refractivity contribution in [3.8, 4) is 5.69 Å². The number of alkyl halides is 1. The van der Waals surface area contributed by atoms with E-state index in [1.165, 1.54) is 23.7 Å². The molecular weight excluding hydrogens is 421 g/mol. The number of benzene rings is 1. The maximum atomic E-state index is 14.7. The molecule has 0 amide bonds. The van der Waals surface area contributed by atoms with E-state index in [2.05, 4.69) is 10.4 Å². The summed E-state index contributed by atoms with van der Waals surface area (Å²) in [6.45, 7) is 0.646. The lowest BCUT2D eigenvalue weighted by molar-refractivity contribution is -0.0234. The molecule has 8 heteroatoms. The van der Waals surface area contributed by atoms with Crippen molar-refractivity contribution in [2.45, 2.75) is 56.4 Å². The lowest BCUT2D eigenvalue weighted by Gasteiger charge is -2.29. The van der Waals surface area contributed by atoms with Crippen LogP contribution in [0.4, 0.5) is 10.1 Å². The van der Waals surface area contributed by atoms with Crippen molar-refractivity contribution in [3.63, 3.8) is 0 Å². The standard InChI is InChI=1S/C23H27ClFN3O3/c24-21-18(26-13-23(25)10-1-11-30-14-23)12-27-28(22(21)29)17-6-4-16(5-7-17)20-9-8-19(31-20)15-2-3-15/h4-7,12,15,19-20,26H,1-3,8-11,13-14H2/t19-,20-,23?/m0/s1. The van der Waals surface area contributed by atoms with Crippen molar-refractivity contribution in [2.24, 2.45) is 5.92 Å². The maximum absolute atomic E-state index is 14.7. The van der Waals surface area contributed by atoms with Gasteiger partial charge in [-0.3, -0.25) is 4.79 Å². The summed E-state index contributed by atoms with van der Waals surface area (Å²) in [6.07, 6.45) is 7.81. The van der Waals surface area contributed by atoms with Crippen LogP contribution in [0.5, 0.6) is 0 Å². The highest BCUT2D eigenvalue weighted by Gasteiger charge is 2.38. The molecule has 31 heavy (non-hydrogen) atoms. The number of ether oxygens (including phenoxy) is 2. The van der Waals surface area contributed by atoms with Crippen LogP contribution in [-0.4, -0.2) is 41.3 Å². The summed E-state index contributed by atoms with van der Waals surface area (Å²) >= 11 is 6.29. The van der Waals surface area contributed by atoms with Crippen LogP contribution in [0.15, 0.2) is 35.3 Å². The third-order valence-electron chi connectivity index (χ3n) is 6.50. The van der Waals surface area contributed by atoms with Gasteiger partial charge < -0.3 is 14.8 Å². The van der Waals surface area contributed by atoms with E-state index < -0.39 is 11.2 Å². The Labute approximate surface area is 185 Å². The van der Waals surface area contributed by atoms with Crippen LogP contribution in [0.3, 0.4) is 0 Å². The van der Waals surface area contributed by atoms with E-state index in [9.17, 15) is 9.18 Å². The van der Waals surface area contributed by atoms with Crippen LogP contribution >= 0.6 is 11.6 Å². The van der Waals surface area contributed by atoms with Crippen molar-refractivity contribution < 1.29 is 13.9 Å². The molecule has 1 aromatic heterocycles. The Morgan fingerprint density at radius 1 is 1.23 bits per heavy atom. The lowest BCUT2D eigenvalue weighted by Crippen LogP contribution is -2.40. The minimum absolute atomic E-state index is 0.00851. The molecule has 6 nitrogen and oxygen atoms in total. The van der Waals surface area contributed by atoms with Crippen molar-refractivity contribution in [3.05, 3.63) is 51.4 Å². The van der Waals surface area contributed by atoms with E-state index in [4.69, 9.17) is 21.1 Å². The van der Waals surface area contributed by atoms with Crippen LogP contribution in [0.25, 0.3) is 5.69 Å². The van der Waals surface area contributed by atoms with E-state index in [1.54, 1.807) is 0 Å². The van der Waals surface area contributed by atoms with Gasteiger partial charge >= 0.3 is 0 Å². The van der Waals surface area contributed by atoms with E-state index in [0.29, 0.717) is 36.9 Å². The molecule has 2 aliphatic heterocycles. The fraction of sp³-hybridized carbons (Fsp3) is 0.565. The largest absolute Gasteiger partial charge is 0.379 e. The number of hydrogen-bond acceptors (Lipinski definition) is 5. The number of nitrogens with one attached hydrogen (secondary N) is 1. The molecule has 3 atom stereocenters. The van der Waals surface area contributed by atoms with Gasteiger partial charge in [-0.1, -0.05) is 23.7 Å². The second kappa shape index (κ2) is 8.52. The molecule has 2 saturated heterocycles. The Morgan fingerprint density at radius 2 is 2.03 bits per heavy atom. The number of rotatable bonds is 6. The fourth-order valence-electron chi connectivity index (χ4n) is 4.50. The average molecular weight is 448 g/mol. The molecule has 5 rings (SSSR count). The van der Waals surface area contributed by atoms with E-state index >= 15 is 0 Å².